The second kappa shape index (κ2) is 14.1. The van der Waals surface area contributed by atoms with Crippen LogP contribution in [-0.2, 0) is 9.84 Å². The molecule has 7 rings (SSSR count). The molecule has 11 nitrogen and oxygen atoms in total. The second-order valence-corrected chi connectivity index (χ2v) is 12.9. The van der Waals surface area contributed by atoms with Crippen LogP contribution in [0.1, 0.15) is 12.8 Å². The Kier molecular flexibility index (Phi) is 10.7. The molecule has 2 aromatic heterocycles. The van der Waals surface area contributed by atoms with Crippen LogP contribution in [0.25, 0.3) is 32.6 Å². The predicted octanol–water partition coefficient (Wildman–Crippen LogP) is 6.63. The van der Waals surface area contributed by atoms with Crippen LogP contribution >= 0.6 is 47.4 Å². The average molecular weight is 768 g/mol. The van der Waals surface area contributed by atoms with Crippen LogP contribution in [0.2, 0.25) is 0 Å². The van der Waals surface area contributed by atoms with Gasteiger partial charge in [-0.1, -0.05) is 36.4 Å². The zero-order chi connectivity index (χ0) is 29.3. The van der Waals surface area contributed by atoms with Crippen LogP contribution in [0.4, 0.5) is 11.4 Å². The summed E-state index contributed by atoms with van der Waals surface area (Å²) in [5.41, 5.74) is 2.39. The highest BCUT2D eigenvalue weighted by Gasteiger charge is 2.25. The van der Waals surface area contributed by atoms with Crippen molar-refractivity contribution in [3.8, 4) is 0 Å². The van der Waals surface area contributed by atoms with E-state index in [1.165, 1.54) is 12.1 Å². The molecule has 1 fully saturated rings. The number of aromatic amines is 2. The van der Waals surface area contributed by atoms with E-state index >= 15 is 0 Å². The summed E-state index contributed by atoms with van der Waals surface area (Å²) in [4.78, 5) is 10.3. The number of anilines is 1. The van der Waals surface area contributed by atoms with Gasteiger partial charge in [-0.2, -0.15) is 10.2 Å². The van der Waals surface area contributed by atoms with Crippen LogP contribution in [0, 0.1) is 13.8 Å². The van der Waals surface area contributed by atoms with Gasteiger partial charge in [0, 0.05) is 40.0 Å². The maximum atomic E-state index is 13.5. The molecule has 0 unspecified atom stereocenters. The van der Waals surface area contributed by atoms with Crippen molar-refractivity contribution in [2.45, 2.75) is 28.8 Å². The first kappa shape index (κ1) is 33.4. The molecule has 1 saturated heterocycles. The van der Waals surface area contributed by atoms with E-state index in [2.05, 4.69) is 53.6 Å². The van der Waals surface area contributed by atoms with Crippen LogP contribution in [0.3, 0.4) is 0 Å². The van der Waals surface area contributed by atoms with E-state index < -0.39 is 14.8 Å². The molecule has 0 atom stereocenters. The minimum atomic E-state index is -3.75. The number of benzene rings is 4. The van der Waals surface area contributed by atoms with Crippen molar-refractivity contribution in [3.63, 3.8) is 0 Å². The van der Waals surface area contributed by atoms with E-state index in [9.17, 15) is 18.5 Å². The Bertz CT molecular complexity index is 2040. The average Bonchev–Trinajstić information content (AvgIpc) is 3.61. The number of nitro benzene ring substituents is 1. The Morgan fingerprint density at radius 2 is 1.52 bits per heavy atom. The zero-order valence-corrected chi connectivity index (χ0v) is 27.6. The summed E-state index contributed by atoms with van der Waals surface area (Å²) < 4.78 is 27.9. The first-order valence-corrected chi connectivity index (χ1v) is 15.8. The number of H-pyrrole nitrogens is 2. The molecule has 15 heteroatoms. The number of aromatic nitrogens is 4. The fourth-order valence-electron chi connectivity index (χ4n) is 5.10. The number of hydrogen-bond donors (Lipinski definition) is 4. The van der Waals surface area contributed by atoms with Crippen molar-refractivity contribution in [2.24, 2.45) is 0 Å². The number of non-ortho nitro benzene ring substituents is 1. The van der Waals surface area contributed by atoms with Gasteiger partial charge >= 0.3 is 0 Å². The molecule has 1 aliphatic rings. The molecule has 0 bridgehead atoms. The summed E-state index contributed by atoms with van der Waals surface area (Å²) in [7, 11) is -3.75. The third-order valence-electron chi connectivity index (χ3n) is 7.24. The quantitative estimate of drug-likeness (QED) is 0.0865. The molecular weight excluding hydrogens is 740 g/mol. The second-order valence-electron chi connectivity index (χ2n) is 9.93. The summed E-state index contributed by atoms with van der Waals surface area (Å²) in [6, 6.07) is 23.5. The van der Waals surface area contributed by atoms with Crippen molar-refractivity contribution in [3.05, 3.63) is 92.7 Å². The van der Waals surface area contributed by atoms with Crippen molar-refractivity contribution in [1.82, 2.24) is 25.7 Å². The van der Waals surface area contributed by atoms with Gasteiger partial charge in [0.2, 0.25) is 9.84 Å². The lowest BCUT2D eigenvalue weighted by molar-refractivity contribution is -0.384. The number of hydrogen-bond acceptors (Lipinski definition) is 8. The predicted molar refractivity (Wildman–Crippen MR) is 185 cm³/mol. The minimum absolute atomic E-state index is 0. The number of piperidine rings is 1. The Hall–Kier alpha value is -3.50. The Balaban J connectivity index is 0.000000249. The lowest BCUT2D eigenvalue weighted by Gasteiger charge is -2.24. The van der Waals surface area contributed by atoms with Gasteiger partial charge in [-0.15, -0.1) is 24.8 Å². The number of halogens is 3. The van der Waals surface area contributed by atoms with Crippen molar-refractivity contribution < 1.29 is 13.3 Å². The largest absolute Gasteiger partial charge is 0.382 e. The van der Waals surface area contributed by atoms with E-state index in [4.69, 9.17) is 0 Å². The van der Waals surface area contributed by atoms with Crippen molar-refractivity contribution >= 4 is 101 Å². The first-order chi connectivity index (χ1) is 20.3. The Labute approximate surface area is 278 Å². The summed E-state index contributed by atoms with van der Waals surface area (Å²) in [5, 5.41) is 34.2. The third-order valence-corrected chi connectivity index (χ3v) is 9.84. The molecule has 4 N–H and O–H groups in total. The van der Waals surface area contributed by atoms with Gasteiger partial charge in [0.25, 0.3) is 5.69 Å². The van der Waals surface area contributed by atoms with Crippen LogP contribution in [0.15, 0.2) is 88.8 Å². The number of rotatable bonds is 5. The molecular formula is C29H28Cl2IN7O4S. The standard InChI is InChI=1S/C22H22N4O2S.C7H4IN3O2.2ClH/c27-29(28,21-7-3-5-15-4-1-2-6-18(15)21)22-19-14-17(8-9-20(19)25-26-22)24-16-10-12-23-13-11-16;8-7-5-3-4(11(12)13)1-2-6(5)9-10-7;;/h1-9,14,16,23-24H,10-13H2,(H,25,26);1-3H,(H,9,10);2*1H. The molecule has 3 heterocycles. The molecule has 0 radical (unpaired) electrons. The number of nitro groups is 1. The smallest absolute Gasteiger partial charge is 0.270 e. The van der Waals surface area contributed by atoms with Crippen molar-refractivity contribution in [1.29, 1.82) is 0 Å². The Morgan fingerprint density at radius 3 is 2.30 bits per heavy atom. The monoisotopic (exact) mass is 767 g/mol. The topological polar surface area (TPSA) is 159 Å². The van der Waals surface area contributed by atoms with Gasteiger partial charge in [0.05, 0.1) is 20.9 Å². The van der Waals surface area contributed by atoms with Gasteiger partial charge < -0.3 is 10.6 Å². The van der Waals surface area contributed by atoms with Gasteiger partial charge in [0.1, 0.15) is 3.70 Å². The number of fused-ring (bicyclic) bond motifs is 3. The summed E-state index contributed by atoms with van der Waals surface area (Å²) in [6.45, 7) is 1.98. The number of nitrogens with zero attached hydrogens (tertiary/aromatic N) is 3. The molecule has 230 valence electrons. The highest BCUT2D eigenvalue weighted by Crippen LogP contribution is 2.32. The van der Waals surface area contributed by atoms with Gasteiger partial charge in [-0.05, 0) is 84.2 Å². The molecule has 1 aliphatic heterocycles. The van der Waals surface area contributed by atoms with Crippen molar-refractivity contribution in [2.75, 3.05) is 18.4 Å². The highest BCUT2D eigenvalue weighted by molar-refractivity contribution is 14.1. The number of sulfone groups is 1. The fraction of sp³-hybridized carbons (Fsp3) is 0.172. The third kappa shape index (κ3) is 6.76. The Morgan fingerprint density at radius 1 is 0.841 bits per heavy atom. The molecule has 6 aromatic rings. The number of nitrogens with one attached hydrogen (secondary N) is 4. The zero-order valence-electron chi connectivity index (χ0n) is 23.0. The molecule has 4 aromatic carbocycles. The molecule has 0 saturated carbocycles. The van der Waals surface area contributed by atoms with Gasteiger partial charge in [-0.3, -0.25) is 20.3 Å². The summed E-state index contributed by atoms with van der Waals surface area (Å²) >= 11 is 2.05. The van der Waals surface area contributed by atoms with E-state index in [0.717, 1.165) is 51.6 Å². The summed E-state index contributed by atoms with van der Waals surface area (Å²) in [6.07, 6.45) is 2.09. The van der Waals surface area contributed by atoms with Crippen LogP contribution in [-0.4, -0.2) is 52.9 Å². The van der Waals surface area contributed by atoms with E-state index in [0.29, 0.717) is 22.3 Å². The normalized spacial score (nSPS) is 13.5. The first-order valence-electron chi connectivity index (χ1n) is 13.3. The lowest BCUT2D eigenvalue weighted by atomic mass is 10.1. The highest BCUT2D eigenvalue weighted by atomic mass is 127. The van der Waals surface area contributed by atoms with E-state index in [1.54, 1.807) is 18.2 Å². The minimum Gasteiger partial charge on any atom is -0.382 e. The molecule has 0 aliphatic carbocycles. The van der Waals surface area contributed by atoms with E-state index in [-0.39, 0.29) is 40.4 Å². The van der Waals surface area contributed by atoms with Gasteiger partial charge in [-0.25, -0.2) is 8.42 Å². The maximum absolute atomic E-state index is 13.5. The van der Waals surface area contributed by atoms with Crippen LogP contribution < -0.4 is 10.6 Å². The lowest BCUT2D eigenvalue weighted by Crippen LogP contribution is -2.35. The SMILES string of the molecule is Cl.Cl.O=S(=O)(c1cccc2ccccc12)c1[nH]nc2ccc(NC3CCNCC3)cc12.O=[N+]([O-])c1ccc2n[nH]c(I)c2c1. The molecule has 44 heavy (non-hydrogen) atoms. The maximum Gasteiger partial charge on any atom is 0.270 e. The summed E-state index contributed by atoms with van der Waals surface area (Å²) in [5.74, 6) is 0. The molecule has 0 amide bonds. The van der Waals surface area contributed by atoms with Crippen LogP contribution in [0.5, 0.6) is 0 Å². The molecule has 0 spiro atoms. The fourth-order valence-corrected chi connectivity index (χ4v) is 7.23. The van der Waals surface area contributed by atoms with Gasteiger partial charge in [0.15, 0.2) is 5.03 Å². The van der Waals surface area contributed by atoms with E-state index in [1.807, 2.05) is 48.5 Å².